The van der Waals surface area contributed by atoms with E-state index in [-0.39, 0.29) is 23.8 Å². The van der Waals surface area contributed by atoms with Crippen molar-refractivity contribution in [3.05, 3.63) is 0 Å². The van der Waals surface area contributed by atoms with E-state index in [1.807, 2.05) is 0 Å². The van der Waals surface area contributed by atoms with Gasteiger partial charge in [-0.05, 0) is 44.7 Å². The Morgan fingerprint density at radius 3 is 2.61 bits per heavy atom. The molecule has 6 heteroatoms. The molecule has 1 spiro atoms. The number of carboxylic acid groups (broad SMARTS) is 1. The third-order valence-corrected chi connectivity index (χ3v) is 4.17. The van der Waals surface area contributed by atoms with Crippen LogP contribution in [0.1, 0.15) is 26.2 Å². The predicted molar refractivity (Wildman–Crippen MR) is 63.9 cm³/mol. The highest BCUT2D eigenvalue weighted by Crippen LogP contribution is 2.58. The van der Waals surface area contributed by atoms with Gasteiger partial charge in [0.25, 0.3) is 0 Å². The van der Waals surface area contributed by atoms with Crippen molar-refractivity contribution in [2.24, 2.45) is 11.3 Å². The lowest BCUT2D eigenvalue weighted by molar-refractivity contribution is -0.156. The Balaban J connectivity index is 1.82. The standard InChI is InChI=1S/C12H20N2O4/c1-11(18,10(16)17)7-14-9(15)8-6-12(8)2-4-13-5-3-12/h8,13,18H,2-7H2,1H3,(H,14,15)(H,16,17). The molecule has 2 atom stereocenters. The molecule has 2 rings (SSSR count). The van der Waals surface area contributed by atoms with E-state index in [9.17, 15) is 14.7 Å². The molecule has 4 N–H and O–H groups in total. The number of aliphatic hydroxyl groups is 1. The number of carbonyl (C=O) groups is 2. The van der Waals surface area contributed by atoms with E-state index in [2.05, 4.69) is 10.6 Å². The highest BCUT2D eigenvalue weighted by molar-refractivity contribution is 5.84. The van der Waals surface area contributed by atoms with Gasteiger partial charge in [0, 0.05) is 5.92 Å². The first-order chi connectivity index (χ1) is 8.37. The average Bonchev–Trinajstić information content (AvgIpc) is 3.01. The van der Waals surface area contributed by atoms with Gasteiger partial charge in [-0.15, -0.1) is 0 Å². The number of hydrogen-bond donors (Lipinski definition) is 4. The second-order valence-corrected chi connectivity index (χ2v) is 5.67. The zero-order valence-corrected chi connectivity index (χ0v) is 10.5. The summed E-state index contributed by atoms with van der Waals surface area (Å²) in [6.45, 7) is 2.82. The lowest BCUT2D eigenvalue weighted by Crippen LogP contribution is -2.47. The second-order valence-electron chi connectivity index (χ2n) is 5.67. The van der Waals surface area contributed by atoms with Crippen LogP contribution in [0.2, 0.25) is 0 Å². The Morgan fingerprint density at radius 1 is 1.44 bits per heavy atom. The van der Waals surface area contributed by atoms with Crippen LogP contribution in [-0.4, -0.2) is 47.3 Å². The van der Waals surface area contributed by atoms with Gasteiger partial charge >= 0.3 is 5.97 Å². The van der Waals surface area contributed by atoms with E-state index in [0.717, 1.165) is 32.4 Å². The number of carboxylic acids is 1. The molecule has 1 aliphatic carbocycles. The van der Waals surface area contributed by atoms with Crippen LogP contribution in [-0.2, 0) is 9.59 Å². The van der Waals surface area contributed by atoms with Crippen LogP contribution < -0.4 is 10.6 Å². The molecule has 1 heterocycles. The molecule has 0 aromatic rings. The van der Waals surface area contributed by atoms with Crippen molar-refractivity contribution in [2.45, 2.75) is 31.8 Å². The lowest BCUT2D eigenvalue weighted by Gasteiger charge is -2.24. The summed E-state index contributed by atoms with van der Waals surface area (Å²) in [5.74, 6) is -1.46. The maximum atomic E-state index is 11.9. The SMILES string of the molecule is CC(O)(CNC(=O)C1CC12CCNCC2)C(=O)O. The van der Waals surface area contributed by atoms with E-state index in [1.54, 1.807) is 0 Å². The van der Waals surface area contributed by atoms with Crippen molar-refractivity contribution >= 4 is 11.9 Å². The van der Waals surface area contributed by atoms with Crippen molar-refractivity contribution in [3.8, 4) is 0 Å². The molecule has 1 amide bonds. The molecule has 0 radical (unpaired) electrons. The van der Waals surface area contributed by atoms with Gasteiger partial charge in [0.05, 0.1) is 6.54 Å². The number of piperidine rings is 1. The van der Waals surface area contributed by atoms with Crippen molar-refractivity contribution in [3.63, 3.8) is 0 Å². The Bertz CT molecular complexity index is 361. The summed E-state index contributed by atoms with van der Waals surface area (Å²) in [4.78, 5) is 22.6. The number of nitrogens with one attached hydrogen (secondary N) is 2. The topological polar surface area (TPSA) is 98.7 Å². The normalized spacial score (nSPS) is 28.4. The van der Waals surface area contributed by atoms with Gasteiger partial charge in [-0.3, -0.25) is 4.79 Å². The van der Waals surface area contributed by atoms with Crippen LogP contribution in [0.5, 0.6) is 0 Å². The fourth-order valence-electron chi connectivity index (χ4n) is 2.65. The van der Waals surface area contributed by atoms with Crippen molar-refractivity contribution in [1.29, 1.82) is 0 Å². The fraction of sp³-hybridized carbons (Fsp3) is 0.833. The number of carbonyl (C=O) groups excluding carboxylic acids is 1. The molecule has 0 bridgehead atoms. The Labute approximate surface area is 106 Å². The third kappa shape index (κ3) is 2.49. The first-order valence-corrected chi connectivity index (χ1v) is 6.32. The molecule has 2 fully saturated rings. The lowest BCUT2D eigenvalue weighted by atomic mass is 9.91. The maximum absolute atomic E-state index is 11.9. The van der Waals surface area contributed by atoms with Crippen molar-refractivity contribution < 1.29 is 19.8 Å². The summed E-state index contributed by atoms with van der Waals surface area (Å²) < 4.78 is 0. The summed E-state index contributed by atoms with van der Waals surface area (Å²) in [6.07, 6.45) is 2.89. The number of rotatable bonds is 4. The van der Waals surface area contributed by atoms with Crippen LogP contribution in [0.3, 0.4) is 0 Å². The zero-order chi connectivity index (χ0) is 13.4. The minimum atomic E-state index is -1.90. The van der Waals surface area contributed by atoms with Crippen LogP contribution in [0.15, 0.2) is 0 Å². The minimum Gasteiger partial charge on any atom is -0.479 e. The van der Waals surface area contributed by atoms with Crippen LogP contribution in [0.25, 0.3) is 0 Å². The molecule has 102 valence electrons. The number of aliphatic carboxylic acids is 1. The first kappa shape index (κ1) is 13.3. The molecular formula is C12H20N2O4. The smallest absolute Gasteiger partial charge is 0.337 e. The summed E-state index contributed by atoms with van der Waals surface area (Å²) in [6, 6.07) is 0. The molecule has 2 aliphatic rings. The quantitative estimate of drug-likeness (QED) is 0.534. The highest BCUT2D eigenvalue weighted by Gasteiger charge is 2.57. The van der Waals surface area contributed by atoms with E-state index < -0.39 is 11.6 Å². The number of hydrogen-bond acceptors (Lipinski definition) is 4. The first-order valence-electron chi connectivity index (χ1n) is 6.32. The van der Waals surface area contributed by atoms with Gasteiger partial charge in [0.1, 0.15) is 0 Å². The third-order valence-electron chi connectivity index (χ3n) is 4.17. The Hall–Kier alpha value is -1.14. The summed E-state index contributed by atoms with van der Waals surface area (Å²) in [5, 5.41) is 24.1. The summed E-state index contributed by atoms with van der Waals surface area (Å²) in [7, 11) is 0. The number of amides is 1. The van der Waals surface area contributed by atoms with Gasteiger partial charge < -0.3 is 20.8 Å². The average molecular weight is 256 g/mol. The van der Waals surface area contributed by atoms with E-state index in [1.165, 1.54) is 6.92 Å². The van der Waals surface area contributed by atoms with E-state index >= 15 is 0 Å². The summed E-state index contributed by atoms with van der Waals surface area (Å²) in [5.41, 5.74) is -1.77. The van der Waals surface area contributed by atoms with Gasteiger partial charge in [-0.25, -0.2) is 4.79 Å². The minimum absolute atomic E-state index is 0.0100. The van der Waals surface area contributed by atoms with E-state index in [4.69, 9.17) is 5.11 Å². The zero-order valence-electron chi connectivity index (χ0n) is 10.5. The van der Waals surface area contributed by atoms with Crippen molar-refractivity contribution in [2.75, 3.05) is 19.6 Å². The van der Waals surface area contributed by atoms with Crippen molar-refractivity contribution in [1.82, 2.24) is 10.6 Å². The maximum Gasteiger partial charge on any atom is 0.337 e. The Kier molecular flexibility index (Phi) is 3.33. The monoisotopic (exact) mass is 256 g/mol. The molecule has 1 saturated heterocycles. The predicted octanol–water partition coefficient (Wildman–Crippen LogP) is -0.672. The van der Waals surface area contributed by atoms with Gasteiger partial charge in [0.15, 0.2) is 5.60 Å². The molecule has 2 unspecified atom stereocenters. The molecular weight excluding hydrogens is 236 g/mol. The fourth-order valence-corrected chi connectivity index (χ4v) is 2.65. The molecule has 18 heavy (non-hydrogen) atoms. The van der Waals surface area contributed by atoms with Crippen LogP contribution in [0.4, 0.5) is 0 Å². The van der Waals surface area contributed by atoms with E-state index in [0.29, 0.717) is 0 Å². The largest absolute Gasteiger partial charge is 0.479 e. The van der Waals surface area contributed by atoms with Crippen LogP contribution in [0, 0.1) is 11.3 Å². The molecule has 1 aliphatic heterocycles. The molecule has 0 aromatic carbocycles. The molecule has 6 nitrogen and oxygen atoms in total. The van der Waals surface area contributed by atoms with Crippen LogP contribution >= 0.6 is 0 Å². The second kappa shape index (κ2) is 4.51. The van der Waals surface area contributed by atoms with Gasteiger partial charge in [-0.1, -0.05) is 0 Å². The van der Waals surface area contributed by atoms with Gasteiger partial charge in [0.2, 0.25) is 5.91 Å². The molecule has 0 aromatic heterocycles. The molecule has 1 saturated carbocycles. The Morgan fingerprint density at radius 2 is 2.06 bits per heavy atom. The highest BCUT2D eigenvalue weighted by atomic mass is 16.4. The summed E-state index contributed by atoms with van der Waals surface area (Å²) >= 11 is 0. The van der Waals surface area contributed by atoms with Gasteiger partial charge in [-0.2, -0.15) is 0 Å².